The topological polar surface area (TPSA) is 84.2 Å². The van der Waals surface area contributed by atoms with E-state index in [2.05, 4.69) is 10.6 Å². The number of amides is 2. The summed E-state index contributed by atoms with van der Waals surface area (Å²) in [5.74, 6) is -0.617. The summed E-state index contributed by atoms with van der Waals surface area (Å²) in [6, 6.07) is 7.14. The fourth-order valence-electron chi connectivity index (χ4n) is 1.12. The van der Waals surface area contributed by atoms with Crippen LogP contribution in [0.15, 0.2) is 24.3 Å². The highest BCUT2D eigenvalue weighted by Crippen LogP contribution is 2.08. The Hall–Kier alpha value is -1.59. The van der Waals surface area contributed by atoms with Crippen LogP contribution in [0, 0.1) is 0 Å². The molecule has 6 heteroatoms. The third-order valence-electron chi connectivity index (χ3n) is 2.03. The summed E-state index contributed by atoms with van der Waals surface area (Å²) in [6.45, 7) is 0.211. The number of nitrogens with one attached hydrogen (secondary N) is 2. The maximum atomic E-state index is 11.3. The van der Waals surface area contributed by atoms with Gasteiger partial charge in [0.1, 0.15) is 0 Å². The van der Waals surface area contributed by atoms with Crippen molar-refractivity contribution in [1.29, 1.82) is 0 Å². The predicted molar refractivity (Wildman–Crippen MR) is 65.4 cm³/mol. The second-order valence-electron chi connectivity index (χ2n) is 3.38. The smallest absolute Gasteiger partial charge is 0.239 e. The van der Waals surface area contributed by atoms with Gasteiger partial charge >= 0.3 is 0 Å². The molecule has 1 aromatic carbocycles. The van der Waals surface area contributed by atoms with Crippen LogP contribution in [0.2, 0.25) is 5.02 Å². The predicted octanol–water partition coefficient (Wildman–Crippen LogP) is 0.0311. The molecule has 0 bridgehead atoms. The van der Waals surface area contributed by atoms with E-state index in [9.17, 15) is 9.59 Å². The molecule has 0 spiro atoms. The number of carbonyl (C=O) groups excluding carboxylic acids is 2. The van der Waals surface area contributed by atoms with Gasteiger partial charge in [-0.3, -0.25) is 9.59 Å². The molecule has 2 amide bonds. The quantitative estimate of drug-likeness (QED) is 0.694. The van der Waals surface area contributed by atoms with Crippen molar-refractivity contribution in [1.82, 2.24) is 10.6 Å². The Morgan fingerprint density at radius 1 is 1.12 bits per heavy atom. The van der Waals surface area contributed by atoms with E-state index in [1.165, 1.54) is 0 Å². The van der Waals surface area contributed by atoms with Crippen molar-refractivity contribution in [3.8, 4) is 0 Å². The molecule has 0 aliphatic rings. The molecule has 1 rings (SSSR count). The zero-order valence-electron chi connectivity index (χ0n) is 9.20. The van der Waals surface area contributed by atoms with Crippen molar-refractivity contribution >= 4 is 23.4 Å². The summed E-state index contributed by atoms with van der Waals surface area (Å²) in [5.41, 5.74) is 6.02. The Morgan fingerprint density at radius 3 is 2.35 bits per heavy atom. The summed E-state index contributed by atoms with van der Waals surface area (Å²) in [7, 11) is 0. The molecule has 0 unspecified atom stereocenters. The number of nitrogens with two attached hydrogens (primary N) is 1. The van der Waals surface area contributed by atoms with Crippen LogP contribution in [0.3, 0.4) is 0 Å². The van der Waals surface area contributed by atoms with Crippen LogP contribution in [0.1, 0.15) is 5.56 Å². The highest BCUT2D eigenvalue weighted by molar-refractivity contribution is 6.30. The van der Waals surface area contributed by atoms with Crippen molar-refractivity contribution in [2.45, 2.75) is 6.54 Å². The van der Waals surface area contributed by atoms with Crippen LogP contribution in [0.4, 0.5) is 0 Å². The molecule has 4 N–H and O–H groups in total. The van der Waals surface area contributed by atoms with Crippen LogP contribution in [-0.2, 0) is 16.1 Å². The lowest BCUT2D eigenvalue weighted by Gasteiger charge is -2.06. The minimum Gasteiger partial charge on any atom is -0.350 e. The second kappa shape index (κ2) is 6.88. The number of carbonyl (C=O) groups is 2. The molecule has 17 heavy (non-hydrogen) atoms. The first-order valence-electron chi connectivity index (χ1n) is 5.09. The molecule has 5 nitrogen and oxygen atoms in total. The van der Waals surface area contributed by atoms with E-state index in [0.717, 1.165) is 5.56 Å². The van der Waals surface area contributed by atoms with Gasteiger partial charge in [0.15, 0.2) is 0 Å². The van der Waals surface area contributed by atoms with Crippen molar-refractivity contribution in [3.05, 3.63) is 34.9 Å². The lowest BCUT2D eigenvalue weighted by molar-refractivity contribution is -0.125. The summed E-state index contributed by atoms with van der Waals surface area (Å²) in [4.78, 5) is 22.1. The van der Waals surface area contributed by atoms with Gasteiger partial charge < -0.3 is 16.4 Å². The van der Waals surface area contributed by atoms with E-state index in [1.54, 1.807) is 12.1 Å². The first-order chi connectivity index (χ1) is 8.11. The molecule has 0 saturated heterocycles. The van der Waals surface area contributed by atoms with Gasteiger partial charge in [0.25, 0.3) is 0 Å². The molecule has 0 aliphatic heterocycles. The standard InChI is InChI=1S/C11H14ClN3O2/c12-9-3-1-8(2-4-9)6-14-11(17)7-15-10(16)5-13/h1-4H,5-7,13H2,(H,14,17)(H,15,16). The highest BCUT2D eigenvalue weighted by Gasteiger charge is 2.03. The molecule has 92 valence electrons. The molecule has 1 aromatic rings. The zero-order chi connectivity index (χ0) is 12.7. The average molecular weight is 256 g/mol. The van der Waals surface area contributed by atoms with Crippen molar-refractivity contribution in [2.24, 2.45) is 5.73 Å². The molecule has 0 saturated carbocycles. The van der Waals surface area contributed by atoms with Crippen LogP contribution in [-0.4, -0.2) is 24.9 Å². The molecule has 0 fully saturated rings. The summed E-state index contributed by atoms with van der Waals surface area (Å²) in [6.07, 6.45) is 0. The maximum absolute atomic E-state index is 11.3. The van der Waals surface area contributed by atoms with Crippen LogP contribution < -0.4 is 16.4 Å². The highest BCUT2D eigenvalue weighted by atomic mass is 35.5. The maximum Gasteiger partial charge on any atom is 0.239 e. The Labute approximate surface area is 104 Å². The first kappa shape index (κ1) is 13.5. The van der Waals surface area contributed by atoms with E-state index < -0.39 is 0 Å². The number of halogens is 1. The average Bonchev–Trinajstić information content (AvgIpc) is 2.35. The van der Waals surface area contributed by atoms with E-state index in [0.29, 0.717) is 11.6 Å². The second-order valence-corrected chi connectivity index (χ2v) is 3.82. The van der Waals surface area contributed by atoms with E-state index in [-0.39, 0.29) is 24.9 Å². The number of hydrogen-bond acceptors (Lipinski definition) is 3. The van der Waals surface area contributed by atoms with Gasteiger partial charge in [-0.05, 0) is 17.7 Å². The van der Waals surface area contributed by atoms with Crippen molar-refractivity contribution in [3.63, 3.8) is 0 Å². The lowest BCUT2D eigenvalue weighted by Crippen LogP contribution is -2.39. The van der Waals surface area contributed by atoms with Crippen molar-refractivity contribution < 1.29 is 9.59 Å². The Kier molecular flexibility index (Phi) is 5.45. The molecule has 0 heterocycles. The van der Waals surface area contributed by atoms with E-state index >= 15 is 0 Å². The molecule has 0 atom stereocenters. The monoisotopic (exact) mass is 255 g/mol. The van der Waals surface area contributed by atoms with Gasteiger partial charge in [-0.1, -0.05) is 23.7 Å². The molecular weight excluding hydrogens is 242 g/mol. The van der Waals surface area contributed by atoms with Crippen LogP contribution in [0.5, 0.6) is 0 Å². The van der Waals surface area contributed by atoms with Gasteiger partial charge in [0, 0.05) is 11.6 Å². The minimum atomic E-state index is -0.355. The normalized spacial score (nSPS) is 9.76. The summed E-state index contributed by atoms with van der Waals surface area (Å²) in [5, 5.41) is 5.69. The van der Waals surface area contributed by atoms with Gasteiger partial charge in [0.05, 0.1) is 13.1 Å². The molecule has 0 aromatic heterocycles. The number of hydrogen-bond donors (Lipinski definition) is 3. The largest absolute Gasteiger partial charge is 0.350 e. The third kappa shape index (κ3) is 5.33. The molecule has 0 aliphatic carbocycles. The Morgan fingerprint density at radius 2 is 1.76 bits per heavy atom. The van der Waals surface area contributed by atoms with Gasteiger partial charge in [-0.15, -0.1) is 0 Å². The van der Waals surface area contributed by atoms with Gasteiger partial charge in [0.2, 0.25) is 11.8 Å². The Balaban J connectivity index is 2.28. The lowest BCUT2D eigenvalue weighted by atomic mass is 10.2. The van der Waals surface area contributed by atoms with E-state index in [4.69, 9.17) is 17.3 Å². The third-order valence-corrected chi connectivity index (χ3v) is 2.29. The first-order valence-corrected chi connectivity index (χ1v) is 5.47. The van der Waals surface area contributed by atoms with Gasteiger partial charge in [-0.2, -0.15) is 0 Å². The fourth-order valence-corrected chi connectivity index (χ4v) is 1.24. The minimum absolute atomic E-state index is 0.0659. The number of rotatable bonds is 5. The Bertz CT molecular complexity index is 392. The molecular formula is C11H14ClN3O2. The van der Waals surface area contributed by atoms with Gasteiger partial charge in [-0.25, -0.2) is 0 Å². The van der Waals surface area contributed by atoms with Crippen LogP contribution in [0.25, 0.3) is 0 Å². The van der Waals surface area contributed by atoms with E-state index in [1.807, 2.05) is 12.1 Å². The van der Waals surface area contributed by atoms with Crippen molar-refractivity contribution in [2.75, 3.05) is 13.1 Å². The number of benzene rings is 1. The zero-order valence-corrected chi connectivity index (χ0v) is 9.96. The molecule has 0 radical (unpaired) electrons. The van der Waals surface area contributed by atoms with Crippen LogP contribution >= 0.6 is 11.6 Å². The fraction of sp³-hybridized carbons (Fsp3) is 0.273. The SMILES string of the molecule is NCC(=O)NCC(=O)NCc1ccc(Cl)cc1. The summed E-state index contributed by atoms with van der Waals surface area (Å²) >= 11 is 5.73. The summed E-state index contributed by atoms with van der Waals surface area (Å²) < 4.78 is 0.